The predicted molar refractivity (Wildman–Crippen MR) is 100 cm³/mol. The SMILES string of the molecule is COc1ccc(NC(=O)C(C#N)C(=O)CC/C=C/c2ccccc2)cc1. The molecule has 0 heterocycles. The zero-order valence-corrected chi connectivity index (χ0v) is 14.5. The maximum absolute atomic E-state index is 12.2. The van der Waals surface area contributed by atoms with Crippen molar-refractivity contribution in [2.75, 3.05) is 12.4 Å². The van der Waals surface area contributed by atoms with E-state index in [9.17, 15) is 14.9 Å². The molecular formula is C21H20N2O3. The molecule has 0 bridgehead atoms. The second-order valence-corrected chi connectivity index (χ2v) is 5.60. The zero-order valence-electron chi connectivity index (χ0n) is 14.5. The Balaban J connectivity index is 1.87. The lowest BCUT2D eigenvalue weighted by molar-refractivity contribution is -0.128. The number of Topliss-reactive ketones (excluding diaryl/α,β-unsaturated/α-hetero) is 1. The molecule has 1 amide bonds. The summed E-state index contributed by atoms with van der Waals surface area (Å²) in [5.74, 6) is -1.67. The smallest absolute Gasteiger partial charge is 0.249 e. The van der Waals surface area contributed by atoms with Crippen LogP contribution in [0, 0.1) is 17.2 Å². The summed E-state index contributed by atoms with van der Waals surface area (Å²) in [6.07, 6.45) is 4.38. The number of nitrogens with one attached hydrogen (secondary N) is 1. The fraction of sp³-hybridized carbons (Fsp3) is 0.190. The molecule has 2 rings (SSSR count). The van der Waals surface area contributed by atoms with E-state index < -0.39 is 17.6 Å². The number of carbonyl (C=O) groups is 2. The second kappa shape index (κ2) is 9.80. The van der Waals surface area contributed by atoms with Gasteiger partial charge in [-0.1, -0.05) is 42.5 Å². The van der Waals surface area contributed by atoms with E-state index in [2.05, 4.69) is 5.32 Å². The second-order valence-electron chi connectivity index (χ2n) is 5.60. The zero-order chi connectivity index (χ0) is 18.8. The highest BCUT2D eigenvalue weighted by Crippen LogP contribution is 2.16. The molecule has 1 atom stereocenters. The van der Waals surface area contributed by atoms with Gasteiger partial charge in [-0.3, -0.25) is 9.59 Å². The molecule has 0 aliphatic heterocycles. The van der Waals surface area contributed by atoms with Crippen LogP contribution in [-0.4, -0.2) is 18.8 Å². The molecule has 0 saturated carbocycles. The van der Waals surface area contributed by atoms with Crippen LogP contribution in [0.3, 0.4) is 0 Å². The Bertz CT molecular complexity index is 805. The van der Waals surface area contributed by atoms with E-state index in [4.69, 9.17) is 4.74 Å². The molecule has 5 heteroatoms. The Morgan fingerprint density at radius 3 is 2.46 bits per heavy atom. The van der Waals surface area contributed by atoms with Gasteiger partial charge in [-0.2, -0.15) is 5.26 Å². The molecule has 0 saturated heterocycles. The number of ether oxygens (including phenoxy) is 1. The fourth-order valence-electron chi connectivity index (χ4n) is 2.32. The van der Waals surface area contributed by atoms with Gasteiger partial charge in [-0.25, -0.2) is 0 Å². The third kappa shape index (κ3) is 5.60. The van der Waals surface area contributed by atoms with Gasteiger partial charge in [0.2, 0.25) is 5.91 Å². The number of ketones is 1. The lowest BCUT2D eigenvalue weighted by Crippen LogP contribution is -2.28. The number of nitriles is 1. The van der Waals surface area contributed by atoms with Crippen LogP contribution in [0.5, 0.6) is 5.75 Å². The number of hydrogen-bond acceptors (Lipinski definition) is 4. The van der Waals surface area contributed by atoms with Crippen molar-refractivity contribution in [1.29, 1.82) is 5.26 Å². The van der Waals surface area contributed by atoms with Gasteiger partial charge in [0.15, 0.2) is 11.7 Å². The first kappa shape index (κ1) is 18.9. The summed E-state index contributed by atoms with van der Waals surface area (Å²) in [5, 5.41) is 11.8. The number of nitrogens with zero attached hydrogens (tertiary/aromatic N) is 1. The third-order valence-electron chi connectivity index (χ3n) is 3.74. The van der Waals surface area contributed by atoms with Crippen molar-refractivity contribution in [2.45, 2.75) is 12.8 Å². The molecule has 2 aromatic carbocycles. The minimum atomic E-state index is -1.32. The van der Waals surface area contributed by atoms with Gasteiger partial charge in [-0.15, -0.1) is 0 Å². The number of allylic oxidation sites excluding steroid dienone is 1. The largest absolute Gasteiger partial charge is 0.497 e. The van der Waals surface area contributed by atoms with Gasteiger partial charge in [0.1, 0.15) is 5.75 Å². The van der Waals surface area contributed by atoms with E-state index in [1.807, 2.05) is 42.5 Å². The van der Waals surface area contributed by atoms with E-state index in [0.717, 1.165) is 5.56 Å². The Morgan fingerprint density at radius 1 is 1.15 bits per heavy atom. The molecule has 0 radical (unpaired) electrons. The molecule has 1 unspecified atom stereocenters. The van der Waals surface area contributed by atoms with Crippen LogP contribution in [0.2, 0.25) is 0 Å². The number of carbonyl (C=O) groups excluding carboxylic acids is 2. The molecule has 0 fully saturated rings. The van der Waals surface area contributed by atoms with Crippen LogP contribution in [-0.2, 0) is 9.59 Å². The molecule has 2 aromatic rings. The van der Waals surface area contributed by atoms with Crippen LogP contribution in [0.15, 0.2) is 60.7 Å². The van der Waals surface area contributed by atoms with E-state index in [1.54, 1.807) is 37.4 Å². The highest BCUT2D eigenvalue weighted by atomic mass is 16.5. The van der Waals surface area contributed by atoms with Crippen molar-refractivity contribution >= 4 is 23.5 Å². The van der Waals surface area contributed by atoms with Crippen molar-refractivity contribution in [3.63, 3.8) is 0 Å². The van der Waals surface area contributed by atoms with Crippen molar-refractivity contribution < 1.29 is 14.3 Å². The van der Waals surface area contributed by atoms with E-state index in [0.29, 0.717) is 17.9 Å². The number of anilines is 1. The highest BCUT2D eigenvalue weighted by molar-refractivity contribution is 6.09. The van der Waals surface area contributed by atoms with Crippen LogP contribution < -0.4 is 10.1 Å². The monoisotopic (exact) mass is 348 g/mol. The van der Waals surface area contributed by atoms with Crippen LogP contribution >= 0.6 is 0 Å². The maximum Gasteiger partial charge on any atom is 0.249 e. The summed E-state index contributed by atoms with van der Waals surface area (Å²) in [7, 11) is 1.55. The summed E-state index contributed by atoms with van der Waals surface area (Å²) in [6.45, 7) is 0. The van der Waals surface area contributed by atoms with Crippen molar-refractivity contribution in [3.8, 4) is 11.8 Å². The minimum Gasteiger partial charge on any atom is -0.497 e. The van der Waals surface area contributed by atoms with Crippen LogP contribution in [0.25, 0.3) is 6.08 Å². The van der Waals surface area contributed by atoms with Gasteiger partial charge in [0.05, 0.1) is 13.2 Å². The number of hydrogen-bond donors (Lipinski definition) is 1. The summed E-state index contributed by atoms with van der Waals surface area (Å²) < 4.78 is 5.04. The van der Waals surface area contributed by atoms with Crippen molar-refractivity contribution in [1.82, 2.24) is 0 Å². The summed E-state index contributed by atoms with van der Waals surface area (Å²) in [5.41, 5.74) is 1.54. The Labute approximate surface area is 152 Å². The summed E-state index contributed by atoms with van der Waals surface area (Å²) in [6, 6.07) is 18.2. The predicted octanol–water partition coefficient (Wildman–Crippen LogP) is 3.84. The molecule has 26 heavy (non-hydrogen) atoms. The number of methoxy groups -OCH3 is 1. The fourth-order valence-corrected chi connectivity index (χ4v) is 2.32. The molecule has 0 aliphatic rings. The van der Waals surface area contributed by atoms with Gasteiger partial charge in [0, 0.05) is 12.1 Å². The highest BCUT2D eigenvalue weighted by Gasteiger charge is 2.25. The van der Waals surface area contributed by atoms with Gasteiger partial charge < -0.3 is 10.1 Å². The lowest BCUT2D eigenvalue weighted by Gasteiger charge is -2.09. The quantitative estimate of drug-likeness (QED) is 0.735. The molecule has 0 aromatic heterocycles. The Hall–Kier alpha value is -3.39. The van der Waals surface area contributed by atoms with Crippen molar-refractivity contribution in [3.05, 3.63) is 66.2 Å². The number of amides is 1. The molecule has 1 N–H and O–H groups in total. The normalized spacial score (nSPS) is 11.5. The average molecular weight is 348 g/mol. The molecule has 132 valence electrons. The standard InChI is InChI=1S/C21H20N2O3/c1-26-18-13-11-17(12-14-18)23-21(25)19(15-22)20(24)10-6-5-9-16-7-3-2-4-8-16/h2-5,7-9,11-14,19H,6,10H2,1H3,(H,23,25)/b9-5+. The third-order valence-corrected chi connectivity index (χ3v) is 3.74. The van der Waals surface area contributed by atoms with Crippen LogP contribution in [0.4, 0.5) is 5.69 Å². The van der Waals surface area contributed by atoms with E-state index in [-0.39, 0.29) is 6.42 Å². The molecular weight excluding hydrogens is 328 g/mol. The van der Waals surface area contributed by atoms with Gasteiger partial charge in [0.25, 0.3) is 0 Å². The van der Waals surface area contributed by atoms with Crippen LogP contribution in [0.1, 0.15) is 18.4 Å². The Morgan fingerprint density at radius 2 is 1.85 bits per heavy atom. The topological polar surface area (TPSA) is 79.2 Å². The molecule has 5 nitrogen and oxygen atoms in total. The first-order valence-electron chi connectivity index (χ1n) is 8.23. The maximum atomic E-state index is 12.2. The minimum absolute atomic E-state index is 0.137. The first-order valence-corrected chi connectivity index (χ1v) is 8.23. The van der Waals surface area contributed by atoms with Gasteiger partial charge >= 0.3 is 0 Å². The van der Waals surface area contributed by atoms with Gasteiger partial charge in [-0.05, 0) is 36.2 Å². The lowest BCUT2D eigenvalue weighted by atomic mass is 10.0. The first-order chi connectivity index (χ1) is 12.6. The Kier molecular flexibility index (Phi) is 7.14. The number of rotatable bonds is 8. The summed E-state index contributed by atoms with van der Waals surface area (Å²) in [4.78, 5) is 24.4. The average Bonchev–Trinajstić information content (AvgIpc) is 2.67. The molecule has 0 spiro atoms. The van der Waals surface area contributed by atoms with E-state index in [1.165, 1.54) is 0 Å². The molecule has 0 aliphatic carbocycles. The summed E-state index contributed by atoms with van der Waals surface area (Å²) >= 11 is 0. The van der Waals surface area contributed by atoms with Crippen molar-refractivity contribution in [2.24, 2.45) is 5.92 Å². The van der Waals surface area contributed by atoms with E-state index >= 15 is 0 Å². The number of benzene rings is 2.